The summed E-state index contributed by atoms with van der Waals surface area (Å²) < 4.78 is 9.73. The van der Waals surface area contributed by atoms with Gasteiger partial charge in [-0.05, 0) is 24.6 Å². The Bertz CT molecular complexity index is 903. The SMILES string of the molecule is COC(=O)c1c(NC(=O)/C(C#N)=C/c2ccco2)sc(C(N)=O)c1C. The van der Waals surface area contributed by atoms with Gasteiger partial charge >= 0.3 is 5.97 Å². The summed E-state index contributed by atoms with van der Waals surface area (Å²) in [5, 5.41) is 11.7. The third-order valence-corrected chi connectivity index (χ3v) is 4.40. The zero-order chi connectivity index (χ0) is 18.6. The van der Waals surface area contributed by atoms with Gasteiger partial charge in [0.25, 0.3) is 11.8 Å². The molecule has 2 aromatic heterocycles. The van der Waals surface area contributed by atoms with Gasteiger partial charge in [-0.25, -0.2) is 4.79 Å². The number of hydrogen-bond acceptors (Lipinski definition) is 7. The second kappa shape index (κ2) is 7.46. The fourth-order valence-electron chi connectivity index (χ4n) is 2.02. The third kappa shape index (κ3) is 3.76. The quantitative estimate of drug-likeness (QED) is 0.476. The van der Waals surface area contributed by atoms with Crippen LogP contribution in [0.1, 0.15) is 31.4 Å². The first-order chi connectivity index (χ1) is 11.9. The number of nitrogens with zero attached hydrogens (tertiary/aromatic N) is 1. The lowest BCUT2D eigenvalue weighted by atomic mass is 10.1. The zero-order valence-corrected chi connectivity index (χ0v) is 14.1. The molecule has 0 aliphatic heterocycles. The van der Waals surface area contributed by atoms with Crippen LogP contribution in [0, 0.1) is 18.3 Å². The van der Waals surface area contributed by atoms with E-state index in [1.807, 2.05) is 0 Å². The molecular formula is C16H13N3O5S. The normalized spacial score (nSPS) is 10.8. The van der Waals surface area contributed by atoms with E-state index in [1.54, 1.807) is 18.2 Å². The largest absolute Gasteiger partial charge is 0.465 e. The van der Waals surface area contributed by atoms with Crippen molar-refractivity contribution >= 4 is 40.2 Å². The molecule has 0 fully saturated rings. The monoisotopic (exact) mass is 359 g/mol. The second-order valence-electron chi connectivity index (χ2n) is 4.76. The number of carbonyl (C=O) groups excluding carboxylic acids is 3. The number of primary amides is 1. The van der Waals surface area contributed by atoms with Gasteiger partial charge in [0, 0.05) is 6.08 Å². The fraction of sp³-hybridized carbons (Fsp3) is 0.125. The number of nitriles is 1. The summed E-state index contributed by atoms with van der Waals surface area (Å²) in [5.74, 6) is -1.91. The lowest BCUT2D eigenvalue weighted by molar-refractivity contribution is -0.112. The number of esters is 1. The number of anilines is 1. The molecule has 0 saturated heterocycles. The molecule has 0 aromatic carbocycles. The van der Waals surface area contributed by atoms with E-state index in [0.29, 0.717) is 11.3 Å². The van der Waals surface area contributed by atoms with Crippen molar-refractivity contribution < 1.29 is 23.5 Å². The van der Waals surface area contributed by atoms with Crippen LogP contribution in [-0.4, -0.2) is 24.9 Å². The first-order valence-corrected chi connectivity index (χ1v) is 7.68. The van der Waals surface area contributed by atoms with Crippen LogP contribution in [0.5, 0.6) is 0 Å². The Morgan fingerprint density at radius 2 is 2.16 bits per heavy atom. The molecule has 0 aliphatic rings. The maximum atomic E-state index is 12.3. The van der Waals surface area contributed by atoms with Crippen LogP contribution in [0.25, 0.3) is 6.08 Å². The van der Waals surface area contributed by atoms with Crippen molar-refractivity contribution in [3.63, 3.8) is 0 Å². The number of nitrogens with two attached hydrogens (primary N) is 1. The molecule has 0 spiro atoms. The molecule has 0 radical (unpaired) electrons. The second-order valence-corrected chi connectivity index (χ2v) is 5.78. The molecule has 0 bridgehead atoms. The van der Waals surface area contributed by atoms with Crippen LogP contribution in [0.15, 0.2) is 28.4 Å². The number of rotatable bonds is 5. The van der Waals surface area contributed by atoms with E-state index in [9.17, 15) is 14.4 Å². The standard InChI is InChI=1S/C16H13N3O5S/c1-8-11(16(22)23-2)15(25-12(8)13(18)20)19-14(21)9(7-17)6-10-4-3-5-24-10/h3-6H,1-2H3,(H2,18,20)(H,19,21)/b9-6+. The Hall–Kier alpha value is -3.38. The van der Waals surface area contributed by atoms with Crippen LogP contribution >= 0.6 is 11.3 Å². The van der Waals surface area contributed by atoms with Gasteiger partial charge in [0.15, 0.2) is 0 Å². The average Bonchev–Trinajstić information content (AvgIpc) is 3.19. The predicted octanol–water partition coefficient (Wildman–Crippen LogP) is 2.08. The number of nitrogens with one attached hydrogen (secondary N) is 1. The van der Waals surface area contributed by atoms with Crippen molar-refractivity contribution in [1.29, 1.82) is 5.26 Å². The van der Waals surface area contributed by atoms with Gasteiger partial charge in [-0.3, -0.25) is 9.59 Å². The summed E-state index contributed by atoms with van der Waals surface area (Å²) in [6.07, 6.45) is 2.65. The van der Waals surface area contributed by atoms with Gasteiger partial charge in [0.1, 0.15) is 22.4 Å². The number of thiophene rings is 1. The molecule has 2 rings (SSSR count). The molecule has 0 saturated carbocycles. The fourth-order valence-corrected chi connectivity index (χ4v) is 3.06. The van der Waals surface area contributed by atoms with Crippen LogP contribution in [0.2, 0.25) is 0 Å². The number of furan rings is 1. The Labute approximate surface area is 146 Å². The minimum absolute atomic E-state index is 0.0185. The Morgan fingerprint density at radius 1 is 1.44 bits per heavy atom. The van der Waals surface area contributed by atoms with Gasteiger partial charge in [0.05, 0.1) is 23.8 Å². The van der Waals surface area contributed by atoms with Crippen molar-refractivity contribution in [1.82, 2.24) is 0 Å². The average molecular weight is 359 g/mol. The summed E-state index contributed by atoms with van der Waals surface area (Å²) in [5.41, 5.74) is 5.36. The van der Waals surface area contributed by atoms with Gasteiger partial charge in [-0.2, -0.15) is 5.26 Å². The van der Waals surface area contributed by atoms with Gasteiger partial charge in [-0.15, -0.1) is 11.3 Å². The smallest absolute Gasteiger partial charge is 0.341 e. The Kier molecular flexibility index (Phi) is 5.36. The number of ether oxygens (including phenoxy) is 1. The summed E-state index contributed by atoms with van der Waals surface area (Å²) in [6, 6.07) is 4.93. The highest BCUT2D eigenvalue weighted by molar-refractivity contribution is 7.18. The van der Waals surface area contributed by atoms with E-state index in [4.69, 9.17) is 15.4 Å². The molecular weight excluding hydrogens is 346 g/mol. The lowest BCUT2D eigenvalue weighted by Gasteiger charge is -2.05. The van der Waals surface area contributed by atoms with E-state index in [2.05, 4.69) is 10.1 Å². The first-order valence-electron chi connectivity index (χ1n) is 6.87. The number of amides is 2. The third-order valence-electron chi connectivity index (χ3n) is 3.18. The van der Waals surface area contributed by atoms with Crippen molar-refractivity contribution in [2.75, 3.05) is 12.4 Å². The summed E-state index contributed by atoms with van der Waals surface area (Å²) >= 11 is 0.835. The minimum atomic E-state index is -0.763. The molecule has 0 atom stereocenters. The molecule has 2 amide bonds. The molecule has 25 heavy (non-hydrogen) atoms. The molecule has 3 N–H and O–H groups in total. The van der Waals surface area contributed by atoms with Gasteiger partial charge in [-0.1, -0.05) is 0 Å². The number of carbonyl (C=O) groups is 3. The van der Waals surface area contributed by atoms with Crippen molar-refractivity contribution in [3.8, 4) is 6.07 Å². The lowest BCUT2D eigenvalue weighted by Crippen LogP contribution is -2.15. The summed E-state index contributed by atoms with van der Waals surface area (Å²) in [6.45, 7) is 1.52. The van der Waals surface area contributed by atoms with Gasteiger partial charge < -0.3 is 20.2 Å². The number of methoxy groups -OCH3 is 1. The van der Waals surface area contributed by atoms with E-state index in [1.165, 1.54) is 26.4 Å². The Balaban J connectivity index is 2.40. The molecule has 2 aromatic rings. The number of hydrogen-bond donors (Lipinski definition) is 2. The summed E-state index contributed by atoms with van der Waals surface area (Å²) in [4.78, 5) is 35.9. The van der Waals surface area contributed by atoms with E-state index >= 15 is 0 Å². The predicted molar refractivity (Wildman–Crippen MR) is 89.8 cm³/mol. The van der Waals surface area contributed by atoms with E-state index < -0.39 is 17.8 Å². The molecule has 8 nitrogen and oxygen atoms in total. The van der Waals surface area contributed by atoms with Crippen LogP contribution in [-0.2, 0) is 9.53 Å². The topological polar surface area (TPSA) is 135 Å². The molecule has 2 heterocycles. The van der Waals surface area contributed by atoms with Crippen molar-refractivity contribution in [3.05, 3.63) is 45.7 Å². The van der Waals surface area contributed by atoms with Gasteiger partial charge in [0.2, 0.25) is 0 Å². The van der Waals surface area contributed by atoms with Crippen molar-refractivity contribution in [2.45, 2.75) is 6.92 Å². The maximum absolute atomic E-state index is 12.3. The van der Waals surface area contributed by atoms with Crippen LogP contribution < -0.4 is 11.1 Å². The molecule has 9 heteroatoms. The maximum Gasteiger partial charge on any atom is 0.341 e. The summed E-state index contributed by atoms with van der Waals surface area (Å²) in [7, 11) is 1.17. The highest BCUT2D eigenvalue weighted by Gasteiger charge is 2.26. The highest BCUT2D eigenvalue weighted by Crippen LogP contribution is 2.33. The minimum Gasteiger partial charge on any atom is -0.465 e. The van der Waals surface area contributed by atoms with Crippen LogP contribution in [0.3, 0.4) is 0 Å². The molecule has 0 aliphatic carbocycles. The van der Waals surface area contributed by atoms with E-state index in [-0.39, 0.29) is 21.0 Å². The Morgan fingerprint density at radius 3 is 2.68 bits per heavy atom. The van der Waals surface area contributed by atoms with Crippen LogP contribution in [0.4, 0.5) is 5.00 Å². The molecule has 0 unspecified atom stereocenters. The first kappa shape index (κ1) is 18.0. The molecule has 128 valence electrons. The highest BCUT2D eigenvalue weighted by atomic mass is 32.1. The van der Waals surface area contributed by atoms with E-state index in [0.717, 1.165) is 11.3 Å². The van der Waals surface area contributed by atoms with Crippen molar-refractivity contribution in [2.24, 2.45) is 5.73 Å². The zero-order valence-electron chi connectivity index (χ0n) is 13.3.